The van der Waals surface area contributed by atoms with Crippen LogP contribution in [0.4, 0.5) is 5.69 Å². The molecule has 0 unspecified atom stereocenters. The highest BCUT2D eigenvalue weighted by molar-refractivity contribution is 5.78. The number of benzene rings is 1. The molecule has 3 heteroatoms. The molecule has 0 spiro atoms. The maximum absolute atomic E-state index is 3.11. The van der Waals surface area contributed by atoms with Gasteiger partial charge < -0.3 is 10.3 Å². The van der Waals surface area contributed by atoms with Crippen LogP contribution in [-0.4, -0.2) is 19.6 Å². The summed E-state index contributed by atoms with van der Waals surface area (Å²) in [5.41, 5.74) is 10.1. The minimum absolute atomic E-state index is 0.887. The summed E-state index contributed by atoms with van der Waals surface area (Å²) < 4.78 is 0. The largest absolute Gasteiger partial charge is 0.372 e. The van der Waals surface area contributed by atoms with Gasteiger partial charge in [-0.1, -0.05) is 18.2 Å². The van der Waals surface area contributed by atoms with Gasteiger partial charge in [-0.05, 0) is 25.5 Å². The van der Waals surface area contributed by atoms with Crippen molar-refractivity contribution in [2.75, 3.05) is 24.5 Å². The van der Waals surface area contributed by atoms with Crippen LogP contribution in [0.15, 0.2) is 30.5 Å². The van der Waals surface area contributed by atoms with Crippen molar-refractivity contribution in [1.29, 1.82) is 0 Å². The Bertz CT molecular complexity index is 381. The maximum atomic E-state index is 3.11. The molecule has 1 heterocycles. The molecule has 1 aliphatic heterocycles. The first-order valence-corrected chi connectivity index (χ1v) is 5.88. The summed E-state index contributed by atoms with van der Waals surface area (Å²) in [5.74, 6) is 0. The number of rotatable bonds is 4. The van der Waals surface area contributed by atoms with E-state index in [2.05, 4.69) is 53.9 Å². The number of nitrogens with one attached hydrogen (secondary N) is 2. The zero-order valence-electron chi connectivity index (χ0n) is 9.96. The van der Waals surface area contributed by atoms with Gasteiger partial charge in [-0.3, -0.25) is 0 Å². The quantitative estimate of drug-likeness (QED) is 0.807. The van der Waals surface area contributed by atoms with Crippen molar-refractivity contribution in [2.45, 2.75) is 13.8 Å². The summed E-state index contributed by atoms with van der Waals surface area (Å²) in [4.78, 5) is 2.38. The summed E-state index contributed by atoms with van der Waals surface area (Å²) in [6.45, 7) is 7.36. The Hall–Kier alpha value is -1.48. The highest BCUT2D eigenvalue weighted by Crippen LogP contribution is 2.27. The Balaban J connectivity index is 2.36. The normalized spacial score (nSPS) is 14.5. The van der Waals surface area contributed by atoms with E-state index in [1.807, 2.05) is 6.20 Å². The van der Waals surface area contributed by atoms with E-state index in [9.17, 15) is 0 Å². The molecule has 1 aromatic rings. The van der Waals surface area contributed by atoms with Crippen LogP contribution in [0.2, 0.25) is 0 Å². The van der Waals surface area contributed by atoms with Crippen molar-refractivity contribution in [1.82, 2.24) is 10.9 Å². The predicted octanol–water partition coefficient (Wildman–Crippen LogP) is 1.98. The molecule has 0 amide bonds. The van der Waals surface area contributed by atoms with Gasteiger partial charge in [0.2, 0.25) is 0 Å². The third-order valence-electron chi connectivity index (χ3n) is 2.98. The number of nitrogens with zero attached hydrogens (tertiary/aromatic N) is 1. The number of anilines is 1. The molecule has 2 rings (SSSR count). The van der Waals surface area contributed by atoms with Gasteiger partial charge in [0, 0.05) is 37.1 Å². The third kappa shape index (κ3) is 2.04. The molecule has 86 valence electrons. The van der Waals surface area contributed by atoms with Gasteiger partial charge in [-0.2, -0.15) is 0 Å². The van der Waals surface area contributed by atoms with Crippen molar-refractivity contribution < 1.29 is 0 Å². The van der Waals surface area contributed by atoms with Crippen molar-refractivity contribution in [3.8, 4) is 0 Å². The molecule has 16 heavy (non-hydrogen) atoms. The fourth-order valence-electron chi connectivity index (χ4n) is 2.09. The molecule has 0 saturated heterocycles. The Labute approximate surface area is 97.1 Å². The van der Waals surface area contributed by atoms with E-state index >= 15 is 0 Å². The van der Waals surface area contributed by atoms with E-state index in [0.29, 0.717) is 0 Å². The minimum Gasteiger partial charge on any atom is -0.372 e. The molecule has 1 aromatic carbocycles. The van der Waals surface area contributed by atoms with Crippen LogP contribution in [0.3, 0.4) is 0 Å². The molecule has 0 atom stereocenters. The van der Waals surface area contributed by atoms with Crippen LogP contribution in [-0.2, 0) is 0 Å². The zero-order valence-corrected chi connectivity index (χ0v) is 9.96. The Morgan fingerprint density at radius 1 is 1.19 bits per heavy atom. The average molecular weight is 217 g/mol. The molecule has 3 nitrogen and oxygen atoms in total. The fraction of sp³-hybridized carbons (Fsp3) is 0.385. The van der Waals surface area contributed by atoms with Crippen LogP contribution in [0.5, 0.6) is 0 Å². The highest BCUT2D eigenvalue weighted by Gasteiger charge is 2.13. The summed E-state index contributed by atoms with van der Waals surface area (Å²) in [6, 6.07) is 8.59. The smallest absolute Gasteiger partial charge is 0.0443 e. The number of para-hydroxylation sites is 1. The Morgan fingerprint density at radius 3 is 2.56 bits per heavy atom. The molecular formula is C13H19N3. The minimum atomic E-state index is 0.887. The molecule has 0 fully saturated rings. The summed E-state index contributed by atoms with van der Waals surface area (Å²) in [7, 11) is 0. The SMILES string of the molecule is CCN(CC)c1ccccc1C1=CNNC1. The first-order chi connectivity index (χ1) is 7.86. The molecule has 0 saturated carbocycles. The van der Waals surface area contributed by atoms with Gasteiger partial charge in [0.15, 0.2) is 0 Å². The highest BCUT2D eigenvalue weighted by atomic mass is 15.4. The Kier molecular flexibility index (Phi) is 3.47. The van der Waals surface area contributed by atoms with Crippen LogP contribution in [0.1, 0.15) is 19.4 Å². The van der Waals surface area contributed by atoms with Crippen molar-refractivity contribution >= 4 is 11.3 Å². The third-order valence-corrected chi connectivity index (χ3v) is 2.98. The lowest BCUT2D eigenvalue weighted by atomic mass is 10.0. The summed E-state index contributed by atoms with van der Waals surface area (Å²) in [5, 5.41) is 0. The second kappa shape index (κ2) is 5.03. The zero-order chi connectivity index (χ0) is 11.4. The second-order valence-electron chi connectivity index (χ2n) is 3.86. The topological polar surface area (TPSA) is 27.3 Å². The lowest BCUT2D eigenvalue weighted by Crippen LogP contribution is -2.23. The molecule has 0 aromatic heterocycles. The standard InChI is InChI=1S/C13H19N3/c1-3-16(4-2)13-8-6-5-7-12(13)11-9-14-15-10-11/h5-9,14-15H,3-4,10H2,1-2H3. The van der Waals surface area contributed by atoms with E-state index in [4.69, 9.17) is 0 Å². The monoisotopic (exact) mass is 217 g/mol. The van der Waals surface area contributed by atoms with E-state index in [1.165, 1.54) is 16.8 Å². The first kappa shape index (κ1) is 11.0. The average Bonchev–Trinajstić information content (AvgIpc) is 2.85. The van der Waals surface area contributed by atoms with Crippen LogP contribution >= 0.6 is 0 Å². The molecule has 2 N–H and O–H groups in total. The molecular weight excluding hydrogens is 198 g/mol. The second-order valence-corrected chi connectivity index (χ2v) is 3.86. The van der Waals surface area contributed by atoms with Gasteiger partial charge in [-0.15, -0.1) is 0 Å². The van der Waals surface area contributed by atoms with E-state index in [0.717, 1.165) is 19.6 Å². The van der Waals surface area contributed by atoms with Crippen molar-refractivity contribution in [2.24, 2.45) is 0 Å². The number of hydrazine groups is 1. The summed E-state index contributed by atoms with van der Waals surface area (Å²) in [6.07, 6.45) is 2.04. The molecule has 0 radical (unpaired) electrons. The number of hydrogen-bond donors (Lipinski definition) is 2. The van der Waals surface area contributed by atoms with Crippen LogP contribution < -0.4 is 15.8 Å². The van der Waals surface area contributed by atoms with Gasteiger partial charge >= 0.3 is 0 Å². The Morgan fingerprint density at radius 2 is 1.94 bits per heavy atom. The molecule has 0 bridgehead atoms. The fourth-order valence-corrected chi connectivity index (χ4v) is 2.09. The van der Waals surface area contributed by atoms with Crippen molar-refractivity contribution in [3.05, 3.63) is 36.0 Å². The maximum Gasteiger partial charge on any atom is 0.0443 e. The van der Waals surface area contributed by atoms with Crippen LogP contribution in [0, 0.1) is 0 Å². The summed E-state index contributed by atoms with van der Waals surface area (Å²) >= 11 is 0. The van der Waals surface area contributed by atoms with Gasteiger partial charge in [0.05, 0.1) is 0 Å². The predicted molar refractivity (Wildman–Crippen MR) is 69.1 cm³/mol. The lowest BCUT2D eigenvalue weighted by molar-refractivity contribution is 0.729. The first-order valence-electron chi connectivity index (χ1n) is 5.88. The van der Waals surface area contributed by atoms with E-state index in [-0.39, 0.29) is 0 Å². The van der Waals surface area contributed by atoms with E-state index < -0.39 is 0 Å². The van der Waals surface area contributed by atoms with Crippen molar-refractivity contribution in [3.63, 3.8) is 0 Å². The van der Waals surface area contributed by atoms with Gasteiger partial charge in [0.25, 0.3) is 0 Å². The molecule has 0 aliphatic carbocycles. The van der Waals surface area contributed by atoms with Gasteiger partial charge in [0.1, 0.15) is 0 Å². The van der Waals surface area contributed by atoms with Gasteiger partial charge in [-0.25, -0.2) is 5.43 Å². The lowest BCUT2D eigenvalue weighted by Gasteiger charge is -2.24. The molecule has 1 aliphatic rings. The van der Waals surface area contributed by atoms with E-state index in [1.54, 1.807) is 0 Å². The number of hydrogen-bond acceptors (Lipinski definition) is 3. The van der Waals surface area contributed by atoms with Crippen LogP contribution in [0.25, 0.3) is 5.57 Å².